The van der Waals surface area contributed by atoms with Crippen LogP contribution in [0.5, 0.6) is 0 Å². The highest BCUT2D eigenvalue weighted by Crippen LogP contribution is 2.10. The molecular formula is C18H26N6O. The summed E-state index contributed by atoms with van der Waals surface area (Å²) in [6, 6.07) is 3.99. The zero-order valence-electron chi connectivity index (χ0n) is 15.5. The number of rotatable bonds is 8. The molecule has 0 aliphatic carbocycles. The van der Waals surface area contributed by atoms with Gasteiger partial charge in [-0.2, -0.15) is 0 Å². The fourth-order valence-corrected chi connectivity index (χ4v) is 2.50. The lowest BCUT2D eigenvalue weighted by atomic mass is 9.95. The molecule has 0 amide bonds. The molecule has 2 rings (SSSR count). The Morgan fingerprint density at radius 3 is 2.28 bits per heavy atom. The van der Waals surface area contributed by atoms with Crippen LogP contribution in [0.4, 0.5) is 0 Å². The topological polar surface area (TPSA) is 93.6 Å². The minimum Gasteiger partial charge on any atom is -0.305 e. The summed E-state index contributed by atoms with van der Waals surface area (Å²) in [5.41, 5.74) is 1.87. The minimum atomic E-state index is -0.193. The molecule has 0 bridgehead atoms. The third-order valence-electron chi connectivity index (χ3n) is 3.73. The molecule has 0 aliphatic heterocycles. The minimum absolute atomic E-state index is 0.00201. The Balaban J connectivity index is 2.04. The van der Waals surface area contributed by atoms with Gasteiger partial charge in [0.25, 0.3) is 0 Å². The maximum atomic E-state index is 12.4. The molecule has 0 unspecified atom stereocenters. The lowest BCUT2D eigenvalue weighted by molar-refractivity contribution is -0.124. The Morgan fingerprint density at radius 1 is 1.08 bits per heavy atom. The van der Waals surface area contributed by atoms with Crippen molar-refractivity contribution >= 4 is 5.78 Å². The van der Waals surface area contributed by atoms with Crippen LogP contribution in [0.2, 0.25) is 0 Å². The highest BCUT2D eigenvalue weighted by Gasteiger charge is 2.22. The van der Waals surface area contributed by atoms with Crippen LogP contribution in [0.25, 0.3) is 0 Å². The van der Waals surface area contributed by atoms with Crippen LogP contribution in [0.3, 0.4) is 0 Å². The molecule has 7 nitrogen and oxygen atoms in total. The van der Waals surface area contributed by atoms with Crippen LogP contribution >= 0.6 is 0 Å². The predicted octanol–water partition coefficient (Wildman–Crippen LogP) is 1.70. The monoisotopic (exact) mass is 342 g/mol. The van der Waals surface area contributed by atoms with Crippen molar-refractivity contribution in [1.29, 1.82) is 0 Å². The molecule has 0 saturated carbocycles. The lowest BCUT2D eigenvalue weighted by Gasteiger charge is -2.22. The number of nitrogens with one attached hydrogen (secondary N) is 1. The molecule has 0 spiro atoms. The van der Waals surface area contributed by atoms with E-state index >= 15 is 0 Å². The predicted molar refractivity (Wildman–Crippen MR) is 95.0 cm³/mol. The molecular weight excluding hydrogens is 316 g/mol. The Kier molecular flexibility index (Phi) is 6.64. The summed E-state index contributed by atoms with van der Waals surface area (Å²) < 4.78 is 0. The van der Waals surface area contributed by atoms with Crippen LogP contribution < -0.4 is 5.32 Å². The van der Waals surface area contributed by atoms with E-state index in [0.29, 0.717) is 24.5 Å². The van der Waals surface area contributed by atoms with Crippen LogP contribution in [0, 0.1) is 12.8 Å². The van der Waals surface area contributed by atoms with Crippen molar-refractivity contribution in [3.05, 3.63) is 41.2 Å². The quantitative estimate of drug-likeness (QED) is 0.780. The van der Waals surface area contributed by atoms with Gasteiger partial charge in [0.1, 0.15) is 0 Å². The standard InChI is InChI=1S/C18H26N6O/c1-11(2)18(25)16(20-12(3)4)8-14-6-7-15(19-10-14)9-17-23-21-13(5)22-24-17/h6-7,10-12,16,20H,8-9H2,1-5H3/t16-/m0/s1. The number of hydrogen-bond acceptors (Lipinski definition) is 7. The number of pyridine rings is 1. The summed E-state index contributed by atoms with van der Waals surface area (Å²) in [4.78, 5) is 16.9. The number of aromatic nitrogens is 5. The molecule has 25 heavy (non-hydrogen) atoms. The number of nitrogens with zero attached hydrogens (tertiary/aromatic N) is 5. The van der Waals surface area contributed by atoms with Gasteiger partial charge in [-0.1, -0.05) is 33.8 Å². The first-order chi connectivity index (χ1) is 11.8. The van der Waals surface area contributed by atoms with E-state index in [1.807, 2.05) is 46.0 Å². The zero-order chi connectivity index (χ0) is 18.4. The fraction of sp³-hybridized carbons (Fsp3) is 0.556. The summed E-state index contributed by atoms with van der Waals surface area (Å²) in [6.45, 7) is 9.71. The largest absolute Gasteiger partial charge is 0.305 e. The van der Waals surface area contributed by atoms with Gasteiger partial charge in [-0.05, 0) is 25.0 Å². The first-order valence-electron chi connectivity index (χ1n) is 8.61. The zero-order valence-corrected chi connectivity index (χ0v) is 15.5. The molecule has 0 radical (unpaired) electrons. The van der Waals surface area contributed by atoms with Crippen molar-refractivity contribution in [3.8, 4) is 0 Å². The number of hydrogen-bond donors (Lipinski definition) is 1. The summed E-state index contributed by atoms with van der Waals surface area (Å²) in [7, 11) is 0. The molecule has 2 aromatic heterocycles. The molecule has 1 N–H and O–H groups in total. The van der Waals surface area contributed by atoms with E-state index in [1.54, 1.807) is 6.92 Å². The SMILES string of the molecule is Cc1nnc(Cc2ccc(C[C@H](NC(C)C)C(=O)C(C)C)cn2)nn1. The van der Waals surface area contributed by atoms with Gasteiger partial charge in [-0.15, -0.1) is 20.4 Å². The molecule has 0 fully saturated rings. The molecule has 0 saturated heterocycles. The Morgan fingerprint density at radius 2 is 1.76 bits per heavy atom. The second-order valence-corrected chi connectivity index (χ2v) is 6.83. The average Bonchev–Trinajstić information content (AvgIpc) is 2.57. The smallest absolute Gasteiger partial charge is 0.179 e. The first-order valence-corrected chi connectivity index (χ1v) is 8.61. The van der Waals surface area contributed by atoms with Crippen molar-refractivity contribution < 1.29 is 4.79 Å². The fourth-order valence-electron chi connectivity index (χ4n) is 2.50. The van der Waals surface area contributed by atoms with Gasteiger partial charge >= 0.3 is 0 Å². The van der Waals surface area contributed by atoms with E-state index in [1.165, 1.54) is 0 Å². The second kappa shape index (κ2) is 8.71. The van der Waals surface area contributed by atoms with E-state index in [-0.39, 0.29) is 23.8 Å². The van der Waals surface area contributed by atoms with Crippen molar-refractivity contribution in [2.75, 3.05) is 0 Å². The average molecular weight is 342 g/mol. The van der Waals surface area contributed by atoms with Gasteiger partial charge < -0.3 is 5.32 Å². The maximum absolute atomic E-state index is 12.4. The normalized spacial score (nSPS) is 12.6. The van der Waals surface area contributed by atoms with E-state index in [0.717, 1.165) is 11.3 Å². The summed E-state index contributed by atoms with van der Waals surface area (Å²) >= 11 is 0. The van der Waals surface area contributed by atoms with E-state index < -0.39 is 0 Å². The van der Waals surface area contributed by atoms with Gasteiger partial charge in [-0.3, -0.25) is 9.78 Å². The van der Waals surface area contributed by atoms with E-state index in [4.69, 9.17) is 0 Å². The van der Waals surface area contributed by atoms with Gasteiger partial charge in [0.15, 0.2) is 17.4 Å². The van der Waals surface area contributed by atoms with Crippen LogP contribution in [-0.4, -0.2) is 43.2 Å². The highest BCUT2D eigenvalue weighted by molar-refractivity contribution is 5.86. The molecule has 134 valence electrons. The summed E-state index contributed by atoms with van der Waals surface area (Å²) in [5.74, 6) is 1.32. The van der Waals surface area contributed by atoms with Gasteiger partial charge in [0, 0.05) is 23.9 Å². The van der Waals surface area contributed by atoms with Crippen LogP contribution in [0.15, 0.2) is 18.3 Å². The highest BCUT2D eigenvalue weighted by atomic mass is 16.1. The Bertz CT molecular complexity index is 682. The van der Waals surface area contributed by atoms with Crippen LogP contribution in [0.1, 0.15) is 50.6 Å². The van der Waals surface area contributed by atoms with E-state index in [9.17, 15) is 4.79 Å². The molecule has 1 atom stereocenters. The number of carbonyl (C=O) groups is 1. The van der Waals surface area contributed by atoms with Crippen LogP contribution in [-0.2, 0) is 17.6 Å². The molecule has 0 aromatic carbocycles. The van der Waals surface area contributed by atoms with E-state index in [2.05, 4.69) is 30.7 Å². The molecule has 2 aromatic rings. The van der Waals surface area contributed by atoms with Gasteiger partial charge in [-0.25, -0.2) is 0 Å². The maximum Gasteiger partial charge on any atom is 0.179 e. The van der Waals surface area contributed by atoms with Gasteiger partial charge in [0.2, 0.25) is 0 Å². The summed E-state index contributed by atoms with van der Waals surface area (Å²) in [6.07, 6.45) is 2.93. The Labute approximate surface area is 148 Å². The first kappa shape index (κ1) is 19.1. The van der Waals surface area contributed by atoms with Crippen molar-refractivity contribution in [2.24, 2.45) is 5.92 Å². The number of Topliss-reactive ketones (excluding diaryl/α,β-unsaturated/α-hetero) is 1. The molecule has 7 heteroatoms. The second-order valence-electron chi connectivity index (χ2n) is 6.83. The number of ketones is 1. The van der Waals surface area contributed by atoms with Crippen molar-refractivity contribution in [1.82, 2.24) is 30.7 Å². The molecule has 0 aliphatic rings. The Hall–Kier alpha value is -2.28. The third-order valence-corrected chi connectivity index (χ3v) is 3.73. The third kappa shape index (κ3) is 5.94. The summed E-state index contributed by atoms with van der Waals surface area (Å²) in [5, 5.41) is 19.2. The van der Waals surface area contributed by atoms with Crippen molar-refractivity contribution in [3.63, 3.8) is 0 Å². The molecule has 2 heterocycles. The number of carbonyl (C=O) groups excluding carboxylic acids is 1. The van der Waals surface area contributed by atoms with Crippen molar-refractivity contribution in [2.45, 2.75) is 59.5 Å². The number of aryl methyl sites for hydroxylation is 1. The lowest BCUT2D eigenvalue weighted by Crippen LogP contribution is -2.44. The van der Waals surface area contributed by atoms with Gasteiger partial charge in [0.05, 0.1) is 12.5 Å².